The highest BCUT2D eigenvalue weighted by atomic mass is 16.5. The Labute approximate surface area is 142 Å². The molecule has 1 atom stereocenters. The predicted octanol–water partition coefficient (Wildman–Crippen LogP) is 0.836. The number of para-hydroxylation sites is 1. The molecule has 1 aliphatic heterocycles. The molecule has 6 heteroatoms. The lowest BCUT2D eigenvalue weighted by atomic mass is 10.1. The third-order valence-electron chi connectivity index (χ3n) is 4.79. The van der Waals surface area contributed by atoms with Gasteiger partial charge in [-0.1, -0.05) is 31.0 Å². The average molecular weight is 331 g/mol. The van der Waals surface area contributed by atoms with Crippen LogP contribution in [0.25, 0.3) is 0 Å². The van der Waals surface area contributed by atoms with Crippen molar-refractivity contribution in [2.45, 2.75) is 44.2 Å². The Morgan fingerprint density at radius 3 is 2.67 bits per heavy atom. The van der Waals surface area contributed by atoms with E-state index in [2.05, 4.69) is 5.32 Å². The molecular weight excluding hydrogens is 306 g/mol. The van der Waals surface area contributed by atoms with Gasteiger partial charge in [-0.2, -0.15) is 0 Å². The monoisotopic (exact) mass is 331 g/mol. The van der Waals surface area contributed by atoms with Gasteiger partial charge in [-0.05, 0) is 24.5 Å². The number of carbonyl (C=O) groups excluding carboxylic acids is 2. The van der Waals surface area contributed by atoms with Crippen molar-refractivity contribution in [1.29, 1.82) is 0 Å². The van der Waals surface area contributed by atoms with E-state index in [4.69, 9.17) is 10.5 Å². The third kappa shape index (κ3) is 4.26. The molecule has 130 valence electrons. The van der Waals surface area contributed by atoms with Crippen molar-refractivity contribution >= 4 is 11.8 Å². The number of primary amides is 1. The van der Waals surface area contributed by atoms with Crippen molar-refractivity contribution in [1.82, 2.24) is 10.2 Å². The second kappa shape index (κ2) is 7.66. The molecule has 0 saturated heterocycles. The van der Waals surface area contributed by atoms with Crippen LogP contribution in [0, 0.1) is 0 Å². The number of carbonyl (C=O) groups is 2. The van der Waals surface area contributed by atoms with Gasteiger partial charge in [0.1, 0.15) is 11.9 Å². The summed E-state index contributed by atoms with van der Waals surface area (Å²) >= 11 is 0. The maximum absolute atomic E-state index is 12.3. The van der Waals surface area contributed by atoms with Gasteiger partial charge in [-0.15, -0.1) is 0 Å². The largest absolute Gasteiger partial charge is 0.488 e. The molecule has 3 rings (SSSR count). The lowest BCUT2D eigenvalue weighted by Gasteiger charge is -2.27. The van der Waals surface area contributed by atoms with E-state index < -0.39 is 0 Å². The van der Waals surface area contributed by atoms with E-state index in [1.807, 2.05) is 29.2 Å². The summed E-state index contributed by atoms with van der Waals surface area (Å²) in [5.74, 6) is 0.435. The summed E-state index contributed by atoms with van der Waals surface area (Å²) in [5.41, 5.74) is 6.51. The van der Waals surface area contributed by atoms with E-state index in [9.17, 15) is 9.59 Å². The number of ether oxygens (including phenoxy) is 1. The summed E-state index contributed by atoms with van der Waals surface area (Å²) in [7, 11) is 0. The zero-order valence-corrected chi connectivity index (χ0v) is 13.9. The Morgan fingerprint density at radius 2 is 1.96 bits per heavy atom. The lowest BCUT2D eigenvalue weighted by Crippen LogP contribution is -2.47. The van der Waals surface area contributed by atoms with Gasteiger partial charge < -0.3 is 15.8 Å². The van der Waals surface area contributed by atoms with Gasteiger partial charge in [0.2, 0.25) is 11.8 Å². The van der Waals surface area contributed by atoms with Gasteiger partial charge >= 0.3 is 0 Å². The predicted molar refractivity (Wildman–Crippen MR) is 90.6 cm³/mol. The van der Waals surface area contributed by atoms with E-state index >= 15 is 0 Å². The number of nitrogens with zero attached hydrogens (tertiary/aromatic N) is 1. The van der Waals surface area contributed by atoms with Crippen LogP contribution in [0.5, 0.6) is 5.75 Å². The summed E-state index contributed by atoms with van der Waals surface area (Å²) in [5, 5.41) is 2.93. The minimum absolute atomic E-state index is 0.0255. The molecule has 1 saturated carbocycles. The van der Waals surface area contributed by atoms with Gasteiger partial charge in [0.15, 0.2) is 0 Å². The van der Waals surface area contributed by atoms with E-state index in [-0.39, 0.29) is 37.0 Å². The molecule has 1 fully saturated rings. The number of nitrogens with two attached hydrogens (primary N) is 1. The number of amides is 2. The molecular formula is C18H25N3O3. The second-order valence-corrected chi connectivity index (χ2v) is 6.67. The van der Waals surface area contributed by atoms with E-state index in [0.717, 1.165) is 37.9 Å². The fourth-order valence-corrected chi connectivity index (χ4v) is 3.62. The summed E-state index contributed by atoms with van der Waals surface area (Å²) in [6, 6.07) is 8.23. The third-order valence-corrected chi connectivity index (χ3v) is 4.79. The Balaban J connectivity index is 1.47. The van der Waals surface area contributed by atoms with Gasteiger partial charge in [0.25, 0.3) is 0 Å². The van der Waals surface area contributed by atoms with Gasteiger partial charge in [0, 0.05) is 12.5 Å². The van der Waals surface area contributed by atoms with Crippen LogP contribution in [0.1, 0.15) is 31.2 Å². The molecule has 1 heterocycles. The summed E-state index contributed by atoms with van der Waals surface area (Å²) < 4.78 is 5.82. The first-order valence-electron chi connectivity index (χ1n) is 8.65. The van der Waals surface area contributed by atoms with Crippen molar-refractivity contribution in [3.63, 3.8) is 0 Å². The van der Waals surface area contributed by atoms with E-state index in [1.54, 1.807) is 0 Å². The molecule has 2 amide bonds. The quantitative estimate of drug-likeness (QED) is 0.775. The first-order valence-corrected chi connectivity index (χ1v) is 8.65. The van der Waals surface area contributed by atoms with Crippen molar-refractivity contribution in [2.24, 2.45) is 5.73 Å². The second-order valence-electron chi connectivity index (χ2n) is 6.67. The molecule has 24 heavy (non-hydrogen) atoms. The number of fused-ring (bicyclic) bond motifs is 1. The summed E-state index contributed by atoms with van der Waals surface area (Å²) in [6.45, 7) is 0.833. The van der Waals surface area contributed by atoms with Crippen LogP contribution in [-0.2, 0) is 16.0 Å². The fraction of sp³-hybridized carbons (Fsp3) is 0.556. The molecule has 6 nitrogen and oxygen atoms in total. The zero-order chi connectivity index (χ0) is 16.9. The fourth-order valence-electron chi connectivity index (χ4n) is 3.62. The number of hydrogen-bond acceptors (Lipinski definition) is 4. The SMILES string of the molecule is NC(=O)CN(CC(=O)NCC1Cc2ccccc2O1)C1CCCC1. The van der Waals surface area contributed by atoms with Crippen LogP contribution in [0.4, 0.5) is 0 Å². The molecule has 3 N–H and O–H groups in total. The normalized spacial score (nSPS) is 20.0. The Hall–Kier alpha value is -2.08. The minimum Gasteiger partial charge on any atom is -0.488 e. The van der Waals surface area contributed by atoms with Crippen molar-refractivity contribution < 1.29 is 14.3 Å². The van der Waals surface area contributed by atoms with Gasteiger partial charge in [-0.25, -0.2) is 0 Å². The molecule has 1 aromatic rings. The van der Waals surface area contributed by atoms with E-state index in [1.165, 1.54) is 5.56 Å². The molecule has 0 bridgehead atoms. The van der Waals surface area contributed by atoms with Crippen LogP contribution in [0.2, 0.25) is 0 Å². The highest BCUT2D eigenvalue weighted by Crippen LogP contribution is 2.27. The Bertz CT molecular complexity index is 574. The van der Waals surface area contributed by atoms with Crippen LogP contribution in [0.15, 0.2) is 24.3 Å². The summed E-state index contributed by atoms with van der Waals surface area (Å²) in [4.78, 5) is 25.4. The molecule has 2 aliphatic rings. The number of benzene rings is 1. The smallest absolute Gasteiger partial charge is 0.234 e. The highest BCUT2D eigenvalue weighted by Gasteiger charge is 2.27. The number of hydrogen-bond donors (Lipinski definition) is 2. The van der Waals surface area contributed by atoms with Gasteiger partial charge in [0.05, 0.1) is 19.6 Å². The van der Waals surface area contributed by atoms with E-state index in [0.29, 0.717) is 6.54 Å². The molecule has 0 aromatic heterocycles. The minimum atomic E-state index is -0.385. The molecule has 0 spiro atoms. The lowest BCUT2D eigenvalue weighted by molar-refractivity contribution is -0.125. The molecule has 1 aliphatic carbocycles. The molecule has 1 unspecified atom stereocenters. The van der Waals surface area contributed by atoms with Crippen LogP contribution >= 0.6 is 0 Å². The van der Waals surface area contributed by atoms with Gasteiger partial charge in [-0.3, -0.25) is 14.5 Å². The maximum Gasteiger partial charge on any atom is 0.234 e. The molecule has 1 aromatic carbocycles. The number of nitrogens with one attached hydrogen (secondary N) is 1. The van der Waals surface area contributed by atoms with Crippen molar-refractivity contribution in [3.8, 4) is 5.75 Å². The van der Waals surface area contributed by atoms with Crippen molar-refractivity contribution in [2.75, 3.05) is 19.6 Å². The maximum atomic E-state index is 12.3. The molecule has 0 radical (unpaired) electrons. The highest BCUT2D eigenvalue weighted by molar-refractivity contribution is 5.80. The topological polar surface area (TPSA) is 84.7 Å². The Kier molecular flexibility index (Phi) is 5.35. The van der Waals surface area contributed by atoms with Crippen LogP contribution in [-0.4, -0.2) is 48.5 Å². The Morgan fingerprint density at radius 1 is 1.21 bits per heavy atom. The zero-order valence-electron chi connectivity index (χ0n) is 13.9. The van der Waals surface area contributed by atoms with Crippen LogP contribution in [0.3, 0.4) is 0 Å². The first-order chi connectivity index (χ1) is 11.6. The standard InChI is InChI=1S/C18H25N3O3/c19-17(22)11-21(14-6-2-3-7-14)12-18(23)20-10-15-9-13-5-1-4-8-16(13)24-15/h1,4-5,8,14-15H,2-3,6-7,9-12H2,(H2,19,22)(H,20,23). The first kappa shape index (κ1) is 16.8. The summed E-state index contributed by atoms with van der Waals surface area (Å²) in [6.07, 6.45) is 5.14. The number of rotatable bonds is 7. The van der Waals surface area contributed by atoms with Crippen molar-refractivity contribution in [3.05, 3.63) is 29.8 Å². The average Bonchev–Trinajstić information content (AvgIpc) is 3.21. The van der Waals surface area contributed by atoms with Crippen LogP contribution < -0.4 is 15.8 Å².